The fourth-order valence-corrected chi connectivity index (χ4v) is 1.58. The van der Waals surface area contributed by atoms with E-state index in [4.69, 9.17) is 14.9 Å². The predicted molar refractivity (Wildman–Crippen MR) is 68.8 cm³/mol. The molecule has 2 rings (SSSR count). The van der Waals surface area contributed by atoms with Gasteiger partial charge in [-0.15, -0.1) is 0 Å². The van der Waals surface area contributed by atoms with Gasteiger partial charge in [-0.3, -0.25) is 4.79 Å². The van der Waals surface area contributed by atoms with E-state index in [2.05, 4.69) is 5.32 Å². The summed E-state index contributed by atoms with van der Waals surface area (Å²) in [6.45, 7) is 1.78. The molecule has 94 valence electrons. The van der Waals surface area contributed by atoms with Crippen molar-refractivity contribution in [3.8, 4) is 5.75 Å². The van der Waals surface area contributed by atoms with Gasteiger partial charge in [-0.25, -0.2) is 0 Å². The highest BCUT2D eigenvalue weighted by molar-refractivity contribution is 6.04. The van der Waals surface area contributed by atoms with Crippen LogP contribution in [0.1, 0.15) is 16.1 Å². The second-order valence-electron chi connectivity index (χ2n) is 3.86. The van der Waals surface area contributed by atoms with Crippen LogP contribution in [0.3, 0.4) is 0 Å². The minimum absolute atomic E-state index is 0.239. The number of nitrogens with one attached hydrogen (secondary N) is 1. The van der Waals surface area contributed by atoms with Crippen LogP contribution in [0, 0.1) is 6.92 Å². The maximum Gasteiger partial charge on any atom is 0.258 e. The van der Waals surface area contributed by atoms with Gasteiger partial charge in [0.1, 0.15) is 17.8 Å². The number of carbonyl (C=O) groups is 1. The van der Waals surface area contributed by atoms with Crippen molar-refractivity contribution in [3.63, 3.8) is 0 Å². The van der Waals surface area contributed by atoms with E-state index < -0.39 is 0 Å². The molecule has 1 heterocycles. The number of furan rings is 1. The molecule has 0 fully saturated rings. The number of rotatable bonds is 3. The summed E-state index contributed by atoms with van der Waals surface area (Å²) in [5, 5.41) is 2.73. The van der Waals surface area contributed by atoms with Crippen LogP contribution < -0.4 is 15.8 Å². The Hall–Kier alpha value is -2.43. The summed E-state index contributed by atoms with van der Waals surface area (Å²) >= 11 is 0. The zero-order valence-electron chi connectivity index (χ0n) is 10.2. The zero-order valence-corrected chi connectivity index (χ0v) is 10.2. The lowest BCUT2D eigenvalue weighted by Gasteiger charge is -2.07. The van der Waals surface area contributed by atoms with Gasteiger partial charge >= 0.3 is 0 Å². The van der Waals surface area contributed by atoms with Gasteiger partial charge in [-0.05, 0) is 31.2 Å². The number of nitrogens with two attached hydrogens (primary N) is 1. The van der Waals surface area contributed by atoms with E-state index in [-0.39, 0.29) is 5.91 Å². The molecule has 0 radical (unpaired) electrons. The van der Waals surface area contributed by atoms with E-state index in [0.717, 1.165) is 0 Å². The van der Waals surface area contributed by atoms with E-state index in [0.29, 0.717) is 28.4 Å². The molecule has 2 aromatic rings. The summed E-state index contributed by atoms with van der Waals surface area (Å²) in [5.41, 5.74) is 7.31. The smallest absolute Gasteiger partial charge is 0.258 e. The molecule has 0 spiro atoms. The van der Waals surface area contributed by atoms with Crippen LogP contribution in [0.4, 0.5) is 11.4 Å². The first-order valence-electron chi connectivity index (χ1n) is 5.40. The lowest BCUT2D eigenvalue weighted by molar-refractivity contribution is 0.102. The van der Waals surface area contributed by atoms with Crippen molar-refractivity contribution < 1.29 is 13.9 Å². The zero-order chi connectivity index (χ0) is 13.1. The molecule has 5 nitrogen and oxygen atoms in total. The molecule has 0 unspecified atom stereocenters. The Balaban J connectivity index is 2.14. The molecule has 3 N–H and O–H groups in total. The van der Waals surface area contributed by atoms with Crippen molar-refractivity contribution in [2.75, 3.05) is 18.2 Å². The maximum absolute atomic E-state index is 11.9. The first-order chi connectivity index (χ1) is 8.60. The summed E-state index contributed by atoms with van der Waals surface area (Å²) in [6, 6.07) is 6.73. The van der Waals surface area contributed by atoms with Crippen LogP contribution in [0.2, 0.25) is 0 Å². The lowest BCUT2D eigenvalue weighted by atomic mass is 10.2. The topological polar surface area (TPSA) is 77.5 Å². The van der Waals surface area contributed by atoms with Gasteiger partial charge in [0.15, 0.2) is 0 Å². The third-order valence-corrected chi connectivity index (χ3v) is 2.48. The number of hydrogen-bond acceptors (Lipinski definition) is 4. The Morgan fingerprint density at radius 3 is 2.72 bits per heavy atom. The summed E-state index contributed by atoms with van der Waals surface area (Å²) in [4.78, 5) is 11.9. The molecular weight excluding hydrogens is 232 g/mol. The van der Waals surface area contributed by atoms with Crippen LogP contribution in [0.5, 0.6) is 5.75 Å². The molecule has 0 aliphatic carbocycles. The van der Waals surface area contributed by atoms with Crippen LogP contribution in [0.15, 0.2) is 34.9 Å². The second kappa shape index (κ2) is 4.83. The van der Waals surface area contributed by atoms with E-state index >= 15 is 0 Å². The largest absolute Gasteiger partial charge is 0.495 e. The maximum atomic E-state index is 11.9. The van der Waals surface area contributed by atoms with Crippen molar-refractivity contribution >= 4 is 17.3 Å². The molecule has 1 aromatic heterocycles. The van der Waals surface area contributed by atoms with Gasteiger partial charge < -0.3 is 20.2 Å². The third kappa shape index (κ3) is 2.45. The number of amides is 1. The fraction of sp³-hybridized carbons (Fsp3) is 0.154. The van der Waals surface area contributed by atoms with Gasteiger partial charge in [-0.1, -0.05) is 0 Å². The van der Waals surface area contributed by atoms with Gasteiger partial charge in [0.25, 0.3) is 5.91 Å². The van der Waals surface area contributed by atoms with E-state index in [1.54, 1.807) is 31.2 Å². The average Bonchev–Trinajstić information content (AvgIpc) is 2.76. The molecule has 5 heteroatoms. The molecule has 1 amide bonds. The number of carbonyl (C=O) groups excluding carboxylic acids is 1. The highest BCUT2D eigenvalue weighted by Gasteiger charge is 2.09. The molecule has 0 aliphatic heterocycles. The Kier molecular flexibility index (Phi) is 3.23. The third-order valence-electron chi connectivity index (χ3n) is 2.48. The number of nitrogen functional groups attached to an aromatic ring is 1. The summed E-state index contributed by atoms with van der Waals surface area (Å²) < 4.78 is 10.1. The normalized spacial score (nSPS) is 10.1. The fourth-order valence-electron chi connectivity index (χ4n) is 1.58. The molecule has 0 aliphatic rings. The Bertz CT molecular complexity index is 575. The first kappa shape index (κ1) is 12.0. The Labute approximate surface area is 105 Å². The predicted octanol–water partition coefficient (Wildman–Crippen LogP) is 2.43. The number of benzene rings is 1. The number of hydrogen-bond donors (Lipinski definition) is 2. The van der Waals surface area contributed by atoms with Crippen molar-refractivity contribution in [2.24, 2.45) is 0 Å². The molecular formula is C13H14N2O3. The van der Waals surface area contributed by atoms with E-state index in [9.17, 15) is 4.79 Å². The SMILES string of the molecule is COc1ccc(NC(=O)c2coc(C)c2)cc1N. The lowest BCUT2D eigenvalue weighted by Crippen LogP contribution is -2.11. The minimum atomic E-state index is -0.239. The monoisotopic (exact) mass is 246 g/mol. The summed E-state index contributed by atoms with van der Waals surface area (Å²) in [6.07, 6.45) is 1.41. The van der Waals surface area contributed by atoms with Crippen molar-refractivity contribution in [1.82, 2.24) is 0 Å². The quantitative estimate of drug-likeness (QED) is 0.815. The first-order valence-corrected chi connectivity index (χ1v) is 5.40. The number of methoxy groups -OCH3 is 1. The van der Waals surface area contributed by atoms with Crippen molar-refractivity contribution in [1.29, 1.82) is 0 Å². The van der Waals surface area contributed by atoms with Crippen LogP contribution in [-0.2, 0) is 0 Å². The van der Waals surface area contributed by atoms with Gasteiger partial charge in [0.2, 0.25) is 0 Å². The van der Waals surface area contributed by atoms with Gasteiger partial charge in [-0.2, -0.15) is 0 Å². The number of ether oxygens (including phenoxy) is 1. The van der Waals surface area contributed by atoms with Crippen LogP contribution in [-0.4, -0.2) is 13.0 Å². The summed E-state index contributed by atoms with van der Waals surface area (Å²) in [7, 11) is 1.54. The molecule has 1 aromatic carbocycles. The Morgan fingerprint density at radius 1 is 1.39 bits per heavy atom. The molecule has 0 atom stereocenters. The average molecular weight is 246 g/mol. The molecule has 18 heavy (non-hydrogen) atoms. The second-order valence-corrected chi connectivity index (χ2v) is 3.86. The molecule has 0 bridgehead atoms. The number of aryl methyl sites for hydroxylation is 1. The van der Waals surface area contributed by atoms with E-state index in [1.165, 1.54) is 13.4 Å². The minimum Gasteiger partial charge on any atom is -0.495 e. The highest BCUT2D eigenvalue weighted by Crippen LogP contribution is 2.24. The molecule has 0 saturated heterocycles. The molecule has 0 saturated carbocycles. The van der Waals surface area contributed by atoms with Crippen LogP contribution >= 0.6 is 0 Å². The standard InChI is InChI=1S/C13H14N2O3/c1-8-5-9(7-18-8)13(16)15-10-3-4-12(17-2)11(14)6-10/h3-7H,14H2,1-2H3,(H,15,16). The number of anilines is 2. The van der Waals surface area contributed by atoms with Crippen molar-refractivity contribution in [2.45, 2.75) is 6.92 Å². The van der Waals surface area contributed by atoms with Gasteiger partial charge in [0.05, 0.1) is 18.4 Å². The highest BCUT2D eigenvalue weighted by atomic mass is 16.5. The van der Waals surface area contributed by atoms with Gasteiger partial charge in [0, 0.05) is 5.69 Å². The Morgan fingerprint density at radius 2 is 2.17 bits per heavy atom. The van der Waals surface area contributed by atoms with Crippen LogP contribution in [0.25, 0.3) is 0 Å². The summed E-state index contributed by atoms with van der Waals surface area (Å²) in [5.74, 6) is 1.03. The van der Waals surface area contributed by atoms with E-state index in [1.807, 2.05) is 0 Å². The van der Waals surface area contributed by atoms with Crippen molar-refractivity contribution in [3.05, 3.63) is 41.9 Å².